The van der Waals surface area contributed by atoms with Crippen molar-refractivity contribution in [1.29, 1.82) is 0 Å². The minimum Gasteiger partial charge on any atom is -0.491 e. The highest BCUT2D eigenvalue weighted by molar-refractivity contribution is 5.94. The summed E-state index contributed by atoms with van der Waals surface area (Å²) in [4.78, 5) is 34.3. The molecule has 142 valence electrons. The number of nitrogens with zero attached hydrogens (tertiary/aromatic N) is 3. The number of hydrogen-bond donors (Lipinski definition) is 1. The van der Waals surface area contributed by atoms with Gasteiger partial charge in [0.1, 0.15) is 18.7 Å². The predicted molar refractivity (Wildman–Crippen MR) is 101 cm³/mol. The molecule has 0 radical (unpaired) electrons. The molecule has 1 aromatic carbocycles. The lowest BCUT2D eigenvalue weighted by molar-refractivity contribution is 0.0690. The Kier molecular flexibility index (Phi) is 6.01. The van der Waals surface area contributed by atoms with Gasteiger partial charge < -0.3 is 15.0 Å². The van der Waals surface area contributed by atoms with Gasteiger partial charge in [0, 0.05) is 30.5 Å². The number of hydrogen-bond acceptors (Lipinski definition) is 5. The van der Waals surface area contributed by atoms with Crippen molar-refractivity contribution in [2.24, 2.45) is 0 Å². The van der Waals surface area contributed by atoms with E-state index in [0.29, 0.717) is 30.0 Å². The van der Waals surface area contributed by atoms with Gasteiger partial charge >= 0.3 is 0 Å². The molecule has 7 nitrogen and oxygen atoms in total. The summed E-state index contributed by atoms with van der Waals surface area (Å²) in [5.74, 6) is 0.509. The van der Waals surface area contributed by atoms with E-state index in [4.69, 9.17) is 4.74 Å². The minimum absolute atomic E-state index is 0.0154. The van der Waals surface area contributed by atoms with Crippen molar-refractivity contribution in [3.8, 4) is 5.75 Å². The summed E-state index contributed by atoms with van der Waals surface area (Å²) in [5.41, 5.74) is 1.09. The Morgan fingerprint density at radius 2 is 1.89 bits per heavy atom. The molecule has 0 bridgehead atoms. The molecule has 1 saturated heterocycles. The fourth-order valence-corrected chi connectivity index (χ4v) is 3.09. The van der Waals surface area contributed by atoms with Crippen molar-refractivity contribution in [2.45, 2.75) is 38.8 Å². The second kappa shape index (κ2) is 8.62. The summed E-state index contributed by atoms with van der Waals surface area (Å²) >= 11 is 0. The third-order valence-electron chi connectivity index (χ3n) is 4.42. The minimum atomic E-state index is -0.103. The highest BCUT2D eigenvalue weighted by Gasteiger charge is 2.30. The molecule has 7 heteroatoms. The number of nitrogens with one attached hydrogen (secondary N) is 1. The van der Waals surface area contributed by atoms with E-state index >= 15 is 0 Å². The highest BCUT2D eigenvalue weighted by atomic mass is 16.5. The second-order valence-corrected chi connectivity index (χ2v) is 6.89. The Morgan fingerprint density at radius 1 is 1.19 bits per heavy atom. The maximum atomic E-state index is 12.6. The molecule has 1 unspecified atom stereocenters. The zero-order valence-corrected chi connectivity index (χ0v) is 15.6. The van der Waals surface area contributed by atoms with Crippen LogP contribution < -0.4 is 10.1 Å². The SMILES string of the molecule is CC(C)NC(=O)c1ccc(OCC2CCCN2C(=O)c2cncnc2)cc1. The largest absolute Gasteiger partial charge is 0.491 e. The van der Waals surface area contributed by atoms with Crippen LogP contribution in [0.5, 0.6) is 5.75 Å². The molecule has 2 heterocycles. The van der Waals surface area contributed by atoms with Crippen LogP contribution in [0.1, 0.15) is 47.4 Å². The Morgan fingerprint density at radius 3 is 2.56 bits per heavy atom. The van der Waals surface area contributed by atoms with Crippen LogP contribution in [0.25, 0.3) is 0 Å². The van der Waals surface area contributed by atoms with Crippen LogP contribution in [-0.2, 0) is 0 Å². The average Bonchev–Trinajstić information content (AvgIpc) is 3.15. The number of carbonyl (C=O) groups is 2. The zero-order chi connectivity index (χ0) is 19.2. The summed E-state index contributed by atoms with van der Waals surface area (Å²) in [6.07, 6.45) is 6.32. The highest BCUT2D eigenvalue weighted by Crippen LogP contribution is 2.21. The van der Waals surface area contributed by atoms with E-state index in [9.17, 15) is 9.59 Å². The fourth-order valence-electron chi connectivity index (χ4n) is 3.09. The van der Waals surface area contributed by atoms with Gasteiger partial charge in [-0.1, -0.05) is 0 Å². The number of carbonyl (C=O) groups excluding carboxylic acids is 2. The van der Waals surface area contributed by atoms with Gasteiger partial charge in [0.05, 0.1) is 11.6 Å². The van der Waals surface area contributed by atoms with Crippen molar-refractivity contribution < 1.29 is 14.3 Å². The lowest BCUT2D eigenvalue weighted by Gasteiger charge is -2.24. The number of benzene rings is 1. The first-order valence-corrected chi connectivity index (χ1v) is 9.14. The van der Waals surface area contributed by atoms with E-state index in [1.807, 2.05) is 18.7 Å². The van der Waals surface area contributed by atoms with Crippen LogP contribution in [-0.4, -0.2) is 51.9 Å². The van der Waals surface area contributed by atoms with E-state index in [1.54, 1.807) is 24.3 Å². The van der Waals surface area contributed by atoms with Crippen LogP contribution in [0.4, 0.5) is 0 Å². The molecule has 0 spiro atoms. The number of amides is 2. The number of aromatic nitrogens is 2. The standard InChI is InChI=1S/C20H24N4O3/c1-14(2)23-19(25)15-5-7-18(8-6-15)27-12-17-4-3-9-24(17)20(26)16-10-21-13-22-11-16/h5-8,10-11,13-14,17H,3-4,9,12H2,1-2H3,(H,23,25). The summed E-state index contributed by atoms with van der Waals surface area (Å²) in [6, 6.07) is 7.15. The second-order valence-electron chi connectivity index (χ2n) is 6.89. The van der Waals surface area contributed by atoms with E-state index < -0.39 is 0 Å². The van der Waals surface area contributed by atoms with Gasteiger partial charge in [-0.3, -0.25) is 9.59 Å². The van der Waals surface area contributed by atoms with Gasteiger partial charge in [0.2, 0.25) is 0 Å². The number of rotatable bonds is 6. The van der Waals surface area contributed by atoms with Gasteiger partial charge in [-0.15, -0.1) is 0 Å². The maximum Gasteiger partial charge on any atom is 0.257 e. The van der Waals surface area contributed by atoms with Gasteiger partial charge in [0.25, 0.3) is 11.8 Å². The summed E-state index contributed by atoms with van der Waals surface area (Å²) < 4.78 is 5.87. The number of likely N-dealkylation sites (tertiary alicyclic amines) is 1. The third-order valence-corrected chi connectivity index (χ3v) is 4.42. The Hall–Kier alpha value is -2.96. The van der Waals surface area contributed by atoms with Gasteiger partial charge in [-0.25, -0.2) is 9.97 Å². The molecule has 2 amide bonds. The Labute approximate surface area is 158 Å². The molecule has 1 aliphatic heterocycles. The third kappa shape index (κ3) is 4.81. The number of ether oxygens (including phenoxy) is 1. The Balaban J connectivity index is 1.57. The molecule has 3 rings (SSSR count). The smallest absolute Gasteiger partial charge is 0.257 e. The molecule has 0 saturated carbocycles. The lowest BCUT2D eigenvalue weighted by Crippen LogP contribution is -2.39. The molecule has 1 fully saturated rings. The van der Waals surface area contributed by atoms with Gasteiger partial charge in [-0.05, 0) is 51.0 Å². The van der Waals surface area contributed by atoms with Crippen molar-refractivity contribution in [1.82, 2.24) is 20.2 Å². The normalized spacial score (nSPS) is 16.4. The monoisotopic (exact) mass is 368 g/mol. The molecule has 0 aliphatic carbocycles. The van der Waals surface area contributed by atoms with E-state index in [-0.39, 0.29) is 23.9 Å². The van der Waals surface area contributed by atoms with Gasteiger partial charge in [0.15, 0.2) is 0 Å². The molecule has 1 aromatic heterocycles. The van der Waals surface area contributed by atoms with Crippen LogP contribution in [0, 0.1) is 0 Å². The quantitative estimate of drug-likeness (QED) is 0.846. The first-order chi connectivity index (χ1) is 13.0. The molecule has 1 atom stereocenters. The van der Waals surface area contributed by atoms with Crippen molar-refractivity contribution in [3.63, 3.8) is 0 Å². The first-order valence-electron chi connectivity index (χ1n) is 9.14. The molecule has 1 aliphatic rings. The van der Waals surface area contributed by atoms with Crippen LogP contribution in [0.2, 0.25) is 0 Å². The van der Waals surface area contributed by atoms with Crippen LogP contribution >= 0.6 is 0 Å². The van der Waals surface area contributed by atoms with Crippen molar-refractivity contribution in [2.75, 3.05) is 13.2 Å². The zero-order valence-electron chi connectivity index (χ0n) is 15.6. The summed E-state index contributed by atoms with van der Waals surface area (Å²) in [7, 11) is 0. The fraction of sp³-hybridized carbons (Fsp3) is 0.400. The summed E-state index contributed by atoms with van der Waals surface area (Å²) in [6.45, 7) is 4.96. The van der Waals surface area contributed by atoms with Crippen molar-refractivity contribution >= 4 is 11.8 Å². The predicted octanol–water partition coefficient (Wildman–Crippen LogP) is 2.30. The van der Waals surface area contributed by atoms with E-state index in [1.165, 1.54) is 18.7 Å². The molecular weight excluding hydrogens is 344 g/mol. The summed E-state index contributed by atoms with van der Waals surface area (Å²) in [5, 5.41) is 2.85. The topological polar surface area (TPSA) is 84.4 Å². The molecule has 2 aromatic rings. The average molecular weight is 368 g/mol. The lowest BCUT2D eigenvalue weighted by atomic mass is 10.2. The van der Waals surface area contributed by atoms with Gasteiger partial charge in [-0.2, -0.15) is 0 Å². The van der Waals surface area contributed by atoms with E-state index in [2.05, 4.69) is 15.3 Å². The van der Waals surface area contributed by atoms with Crippen molar-refractivity contribution in [3.05, 3.63) is 54.1 Å². The maximum absolute atomic E-state index is 12.6. The van der Waals surface area contributed by atoms with E-state index in [0.717, 1.165) is 12.8 Å². The Bertz CT molecular complexity index is 778. The molecule has 27 heavy (non-hydrogen) atoms. The molecule has 1 N–H and O–H groups in total. The first kappa shape index (κ1) is 18.8. The van der Waals surface area contributed by atoms with Crippen LogP contribution in [0.15, 0.2) is 43.0 Å². The van der Waals surface area contributed by atoms with Crippen LogP contribution in [0.3, 0.4) is 0 Å². The molecular formula is C20H24N4O3.